The quantitative estimate of drug-likeness (QED) is 0.758. The third kappa shape index (κ3) is 2.89. The van der Waals surface area contributed by atoms with Crippen LogP contribution in [0.25, 0.3) is 0 Å². The van der Waals surface area contributed by atoms with Gasteiger partial charge in [0.2, 0.25) is 0 Å². The summed E-state index contributed by atoms with van der Waals surface area (Å²) in [6, 6.07) is 5.46. The topological polar surface area (TPSA) is 14.2 Å². The molecule has 1 heterocycles. The first-order chi connectivity index (χ1) is 9.19. The van der Waals surface area contributed by atoms with Gasteiger partial charge >= 0.3 is 12.4 Å². The van der Waals surface area contributed by atoms with E-state index in [0.29, 0.717) is 22.9 Å². The summed E-state index contributed by atoms with van der Waals surface area (Å²) < 4.78 is 77.4. The van der Waals surface area contributed by atoms with Gasteiger partial charge in [0.05, 0.1) is 6.20 Å². The monoisotopic (exact) mass is 294 g/mol. The number of rotatable bonds is 2. The second-order valence-electron chi connectivity index (χ2n) is 3.74. The van der Waals surface area contributed by atoms with E-state index in [9.17, 15) is 26.3 Å². The summed E-state index contributed by atoms with van der Waals surface area (Å²) in [5.41, 5.74) is -3.00. The van der Waals surface area contributed by atoms with Crippen LogP contribution < -0.4 is 4.84 Å². The molecule has 0 aliphatic heterocycles. The minimum atomic E-state index is -4.96. The van der Waals surface area contributed by atoms with Crippen molar-refractivity contribution >= 4 is 0 Å². The molecule has 107 valence electrons. The van der Waals surface area contributed by atoms with Crippen molar-refractivity contribution in [2.45, 2.75) is 12.4 Å². The van der Waals surface area contributed by atoms with E-state index in [2.05, 4.69) is 10.9 Å². The molecular formula is C12H6F6NO. The molecule has 0 N–H and O–H groups in total. The Morgan fingerprint density at radius 1 is 0.950 bits per heavy atom. The lowest BCUT2D eigenvalue weighted by atomic mass is 10.1. The summed E-state index contributed by atoms with van der Waals surface area (Å²) >= 11 is 0. The largest absolute Gasteiger partial charge is 0.420 e. The highest BCUT2D eigenvalue weighted by molar-refractivity contribution is 5.44. The number of benzene rings is 1. The molecule has 0 aliphatic rings. The standard InChI is InChI=1S/C12H6F6NO/c13-11(14,15)8-4-3-5-9(12(16,17)18)10(8)20-19-6-1-2-7-19/h1,3-7H. The van der Waals surface area contributed by atoms with E-state index in [1.807, 2.05) is 0 Å². The zero-order chi connectivity index (χ0) is 15.0. The van der Waals surface area contributed by atoms with E-state index < -0.39 is 29.2 Å². The first-order valence-electron chi connectivity index (χ1n) is 5.19. The van der Waals surface area contributed by atoms with Gasteiger partial charge in [0.15, 0.2) is 5.75 Å². The molecule has 0 amide bonds. The number of hydrogen-bond acceptors (Lipinski definition) is 1. The van der Waals surface area contributed by atoms with Crippen LogP contribution >= 0.6 is 0 Å². The summed E-state index contributed by atoms with van der Waals surface area (Å²) in [5.74, 6) is -1.29. The molecule has 2 aromatic rings. The van der Waals surface area contributed by atoms with Crippen molar-refractivity contribution in [2.75, 3.05) is 0 Å². The van der Waals surface area contributed by atoms with Gasteiger partial charge in [-0.1, -0.05) is 6.07 Å². The van der Waals surface area contributed by atoms with Crippen LogP contribution in [0, 0.1) is 6.07 Å². The third-order valence-corrected chi connectivity index (χ3v) is 2.34. The molecule has 8 heteroatoms. The Kier molecular flexibility index (Phi) is 3.41. The number of alkyl halides is 6. The van der Waals surface area contributed by atoms with Crippen LogP contribution in [0.3, 0.4) is 0 Å². The molecule has 0 atom stereocenters. The Morgan fingerprint density at radius 2 is 1.50 bits per heavy atom. The van der Waals surface area contributed by atoms with Gasteiger partial charge in [-0.3, -0.25) is 0 Å². The Labute approximate surface area is 109 Å². The molecule has 1 aromatic heterocycles. The van der Waals surface area contributed by atoms with Crippen molar-refractivity contribution in [2.24, 2.45) is 0 Å². The van der Waals surface area contributed by atoms with E-state index >= 15 is 0 Å². The van der Waals surface area contributed by atoms with Gasteiger partial charge < -0.3 is 4.84 Å². The predicted octanol–water partition coefficient (Wildman–Crippen LogP) is 4.17. The average Bonchev–Trinajstić information content (AvgIpc) is 2.79. The fourth-order valence-corrected chi connectivity index (χ4v) is 1.52. The minimum absolute atomic E-state index is 0.526. The normalized spacial score (nSPS) is 12.5. The number of halogens is 6. The fraction of sp³-hybridized carbons (Fsp3) is 0.167. The first-order valence-corrected chi connectivity index (χ1v) is 5.19. The molecule has 1 radical (unpaired) electrons. The molecule has 0 spiro atoms. The highest BCUT2D eigenvalue weighted by Gasteiger charge is 2.42. The molecule has 0 fully saturated rings. The van der Waals surface area contributed by atoms with Crippen LogP contribution in [0.15, 0.2) is 36.7 Å². The van der Waals surface area contributed by atoms with Gasteiger partial charge in [-0.15, -0.1) is 0 Å². The third-order valence-electron chi connectivity index (χ3n) is 2.34. The SMILES string of the molecule is FC(F)(F)c1cccc(C(F)(F)F)c1On1c[c]cc1. The zero-order valence-corrected chi connectivity index (χ0v) is 9.59. The summed E-state index contributed by atoms with van der Waals surface area (Å²) in [6.45, 7) is 0. The van der Waals surface area contributed by atoms with Crippen molar-refractivity contribution in [1.29, 1.82) is 0 Å². The molecule has 0 saturated heterocycles. The lowest BCUT2D eigenvalue weighted by Crippen LogP contribution is -2.16. The van der Waals surface area contributed by atoms with Crippen molar-refractivity contribution in [3.8, 4) is 5.75 Å². The smallest absolute Gasteiger partial charge is 0.375 e. The van der Waals surface area contributed by atoms with Crippen LogP contribution in [0.4, 0.5) is 26.3 Å². The Bertz CT molecular complexity index is 553. The lowest BCUT2D eigenvalue weighted by molar-refractivity contribution is -0.146. The lowest BCUT2D eigenvalue weighted by Gasteiger charge is -2.18. The molecule has 1 aromatic carbocycles. The number of hydrogen-bond donors (Lipinski definition) is 0. The second kappa shape index (κ2) is 4.77. The predicted molar refractivity (Wildman–Crippen MR) is 55.7 cm³/mol. The number of para-hydroxylation sites is 1. The summed E-state index contributed by atoms with van der Waals surface area (Å²) in [6.07, 6.45) is -7.73. The van der Waals surface area contributed by atoms with Crippen molar-refractivity contribution in [3.05, 3.63) is 53.9 Å². The number of aromatic nitrogens is 1. The minimum Gasteiger partial charge on any atom is -0.375 e. The van der Waals surface area contributed by atoms with Crippen LogP contribution in [-0.2, 0) is 12.4 Å². The maximum Gasteiger partial charge on any atom is 0.420 e. The number of nitrogens with zero attached hydrogens (tertiary/aromatic N) is 1. The van der Waals surface area contributed by atoms with E-state index in [1.54, 1.807) is 0 Å². The average molecular weight is 294 g/mol. The summed E-state index contributed by atoms with van der Waals surface area (Å²) in [5, 5.41) is 0. The van der Waals surface area contributed by atoms with Crippen LogP contribution in [-0.4, -0.2) is 4.73 Å². The maximum atomic E-state index is 12.8. The zero-order valence-electron chi connectivity index (χ0n) is 9.59. The van der Waals surface area contributed by atoms with Gasteiger partial charge in [-0.25, -0.2) is 0 Å². The Hall–Kier alpha value is -2.12. The first kappa shape index (κ1) is 14.3. The molecule has 0 bridgehead atoms. The molecule has 0 aliphatic carbocycles. The molecular weight excluding hydrogens is 288 g/mol. The van der Waals surface area contributed by atoms with Gasteiger partial charge in [0, 0.05) is 12.3 Å². The molecule has 2 rings (SSSR count). The van der Waals surface area contributed by atoms with E-state index in [-0.39, 0.29) is 0 Å². The van der Waals surface area contributed by atoms with Gasteiger partial charge in [-0.05, 0) is 18.2 Å². The van der Waals surface area contributed by atoms with Gasteiger partial charge in [0.25, 0.3) is 0 Å². The van der Waals surface area contributed by atoms with Gasteiger partial charge in [-0.2, -0.15) is 31.1 Å². The molecule has 0 unspecified atom stereocenters. The highest BCUT2D eigenvalue weighted by atomic mass is 19.4. The Balaban J connectivity index is 2.59. The summed E-state index contributed by atoms with van der Waals surface area (Å²) in [4.78, 5) is 4.68. The van der Waals surface area contributed by atoms with Gasteiger partial charge in [0.1, 0.15) is 11.1 Å². The van der Waals surface area contributed by atoms with Crippen molar-refractivity contribution in [1.82, 2.24) is 4.73 Å². The molecule has 0 saturated carbocycles. The van der Waals surface area contributed by atoms with Crippen LogP contribution in [0.2, 0.25) is 0 Å². The maximum absolute atomic E-state index is 12.8. The second-order valence-corrected chi connectivity index (χ2v) is 3.74. The van der Waals surface area contributed by atoms with E-state index in [1.165, 1.54) is 6.07 Å². The molecule has 2 nitrogen and oxygen atoms in total. The fourth-order valence-electron chi connectivity index (χ4n) is 1.52. The van der Waals surface area contributed by atoms with Crippen LogP contribution in [0.5, 0.6) is 5.75 Å². The van der Waals surface area contributed by atoms with Crippen molar-refractivity contribution in [3.63, 3.8) is 0 Å². The molecule has 20 heavy (non-hydrogen) atoms. The highest BCUT2D eigenvalue weighted by Crippen LogP contribution is 2.44. The van der Waals surface area contributed by atoms with Crippen LogP contribution in [0.1, 0.15) is 11.1 Å². The van der Waals surface area contributed by atoms with E-state index in [0.717, 1.165) is 12.4 Å². The van der Waals surface area contributed by atoms with Crippen molar-refractivity contribution < 1.29 is 31.2 Å². The summed E-state index contributed by atoms with van der Waals surface area (Å²) in [7, 11) is 0. The van der Waals surface area contributed by atoms with E-state index in [4.69, 9.17) is 0 Å². The Morgan fingerprint density at radius 3 is 1.90 bits per heavy atom.